The molecular weight excluding hydrogens is 152 g/mol. The second-order valence-corrected chi connectivity index (χ2v) is 3.49. The van der Waals surface area contributed by atoms with Crippen LogP contribution in [0.25, 0.3) is 5.59 Å². The van der Waals surface area contributed by atoms with Crippen LogP contribution >= 0.6 is 11.8 Å². The molecule has 0 spiro atoms. The van der Waals surface area contributed by atoms with Crippen molar-refractivity contribution in [1.29, 1.82) is 0 Å². The van der Waals surface area contributed by atoms with Crippen LogP contribution < -0.4 is 5.01 Å². The van der Waals surface area contributed by atoms with E-state index in [1.165, 1.54) is 0 Å². The van der Waals surface area contributed by atoms with Gasteiger partial charge in [0.2, 0.25) is 0 Å². The molecule has 0 amide bonds. The van der Waals surface area contributed by atoms with Gasteiger partial charge in [0.05, 0.1) is 0 Å². The van der Waals surface area contributed by atoms with Crippen LogP contribution in [0.5, 0.6) is 0 Å². The molecule has 4 nitrogen and oxygen atoms in total. The molecule has 2 atom stereocenters. The van der Waals surface area contributed by atoms with Crippen molar-refractivity contribution in [2.75, 3.05) is 11.6 Å². The zero-order chi connectivity index (χ0) is 6.97. The first kappa shape index (κ1) is 6.45. The molecule has 0 bridgehead atoms. The normalized spacial score (nSPS) is 39.0. The fourth-order valence-corrected chi connectivity index (χ4v) is 2.17. The highest BCUT2D eigenvalue weighted by Crippen LogP contribution is 2.12. The highest BCUT2D eigenvalue weighted by atomic mass is 32.2. The van der Waals surface area contributed by atoms with Gasteiger partial charge in [-0.15, -0.1) is 11.8 Å². The Balaban J connectivity index is 2.08. The minimum atomic E-state index is -0.157. The van der Waals surface area contributed by atoms with E-state index in [4.69, 9.17) is 0 Å². The Bertz CT molecular complexity index is 164. The second kappa shape index (κ2) is 2.41. The number of carbonyl (C=O) groups excluding carboxylic acids is 1. The molecule has 2 aliphatic rings. The number of carbonyl (C=O) groups is 1. The monoisotopic (exact) mass is 160 g/mol. The summed E-state index contributed by atoms with van der Waals surface area (Å²) in [5.41, 5.74) is 3.68. The van der Waals surface area contributed by atoms with Gasteiger partial charge in [-0.05, 0) is 0 Å². The Morgan fingerprint density at radius 1 is 1.80 bits per heavy atom. The third-order valence-electron chi connectivity index (χ3n) is 1.74. The van der Waals surface area contributed by atoms with E-state index in [-0.39, 0.29) is 12.0 Å². The van der Waals surface area contributed by atoms with Gasteiger partial charge in [-0.3, -0.25) is 5.59 Å². The summed E-state index contributed by atoms with van der Waals surface area (Å²) in [4.78, 5) is 15.4. The summed E-state index contributed by atoms with van der Waals surface area (Å²) in [5.74, 6) is 1.77. The molecule has 2 unspecified atom stereocenters. The van der Waals surface area contributed by atoms with Crippen molar-refractivity contribution < 1.29 is 14.6 Å². The van der Waals surface area contributed by atoms with Gasteiger partial charge < -0.3 is 9.85 Å². The lowest BCUT2D eigenvalue weighted by atomic mass is 10.2. The van der Waals surface area contributed by atoms with Gasteiger partial charge in [0, 0.05) is 12.2 Å². The van der Waals surface area contributed by atoms with Gasteiger partial charge in [0.15, 0.2) is 6.04 Å². The number of hydrogen-bond acceptors (Lipinski definition) is 3. The number of nitrogens with zero attached hydrogens (tertiary/aromatic N) is 1. The average molecular weight is 160 g/mol. The minimum Gasteiger partial charge on any atom is -0.509 e. The fourth-order valence-electron chi connectivity index (χ4n) is 1.16. The van der Waals surface area contributed by atoms with E-state index >= 15 is 0 Å². The summed E-state index contributed by atoms with van der Waals surface area (Å²) in [6.45, 7) is 0. The Hall–Kier alpha value is -0.260. The van der Waals surface area contributed by atoms with E-state index in [9.17, 15) is 4.79 Å². The molecule has 0 aromatic rings. The molecule has 2 rings (SSSR count). The van der Waals surface area contributed by atoms with Crippen LogP contribution in [0.2, 0.25) is 0 Å². The lowest BCUT2D eigenvalue weighted by molar-refractivity contribution is -0.868. The zero-order valence-electron chi connectivity index (χ0n) is 5.37. The van der Waals surface area contributed by atoms with Gasteiger partial charge in [-0.2, -0.15) is 0 Å². The lowest BCUT2D eigenvalue weighted by Crippen LogP contribution is -3.11. The molecular formula is C5H8N2O2S. The number of rotatable bonds is 0. The van der Waals surface area contributed by atoms with Crippen LogP contribution in [0.1, 0.15) is 6.42 Å². The predicted octanol–water partition coefficient (Wildman–Crippen LogP) is -0.905. The van der Waals surface area contributed by atoms with E-state index < -0.39 is 0 Å². The summed E-state index contributed by atoms with van der Waals surface area (Å²) in [6.07, 6.45) is 0.905. The fraction of sp³-hybridized carbons (Fsp3) is 0.800. The first-order chi connectivity index (χ1) is 4.88. The number of nitrogens with one attached hydrogen (secondary N) is 1. The molecule has 2 saturated heterocycles. The maximum Gasteiger partial charge on any atom is 0.353 e. The molecule has 1 N–H and O–H groups in total. The van der Waals surface area contributed by atoms with E-state index in [2.05, 4.69) is 10.4 Å². The summed E-state index contributed by atoms with van der Waals surface area (Å²) < 4.78 is 0. The molecule has 2 heterocycles. The molecule has 5 heteroatoms. The molecule has 2 aliphatic heterocycles. The minimum absolute atomic E-state index is 0.00116. The van der Waals surface area contributed by atoms with Crippen LogP contribution in [0.15, 0.2) is 0 Å². The Kier molecular flexibility index (Phi) is 1.55. The highest BCUT2D eigenvalue weighted by Gasteiger charge is 2.34. The van der Waals surface area contributed by atoms with Gasteiger partial charge >= 0.3 is 5.97 Å². The van der Waals surface area contributed by atoms with Gasteiger partial charge in [0.25, 0.3) is 0 Å². The van der Waals surface area contributed by atoms with Crippen molar-refractivity contribution >= 4 is 17.7 Å². The standard InChI is InChI=1S/C5H8N2O2S/c8-5-4-1-2-10-3-7(4)6-9-5/h4,7H,1-3H2. The van der Waals surface area contributed by atoms with Crippen molar-refractivity contribution in [3.63, 3.8) is 0 Å². The largest absolute Gasteiger partial charge is 0.509 e. The third-order valence-corrected chi connectivity index (χ3v) is 2.76. The maximum absolute atomic E-state index is 10.9. The quantitative estimate of drug-likeness (QED) is 0.499. The van der Waals surface area contributed by atoms with Crippen LogP contribution in [-0.4, -0.2) is 23.6 Å². The highest BCUT2D eigenvalue weighted by molar-refractivity contribution is 7.99. The molecule has 0 aliphatic carbocycles. The number of hydrogen-bond donors (Lipinski definition) is 1. The Morgan fingerprint density at radius 3 is 3.50 bits per heavy atom. The molecule has 10 heavy (non-hydrogen) atoms. The summed E-state index contributed by atoms with van der Waals surface area (Å²) >= 11 is 1.81. The van der Waals surface area contributed by atoms with Crippen molar-refractivity contribution in [3.05, 3.63) is 5.59 Å². The first-order valence-corrected chi connectivity index (χ1v) is 4.39. The smallest absolute Gasteiger partial charge is 0.353 e. The average Bonchev–Trinajstić information content (AvgIpc) is 2.34. The Labute approximate surface area is 62.8 Å². The summed E-state index contributed by atoms with van der Waals surface area (Å²) in [6, 6.07) is 0.00116. The maximum atomic E-state index is 10.9. The van der Waals surface area contributed by atoms with Gasteiger partial charge in [0.1, 0.15) is 5.88 Å². The van der Waals surface area contributed by atoms with E-state index in [0.29, 0.717) is 0 Å². The third kappa shape index (κ3) is 0.902. The van der Waals surface area contributed by atoms with Gasteiger partial charge in [-0.25, -0.2) is 4.79 Å². The molecule has 0 aromatic carbocycles. The SMILES string of the molecule is O=C1O[N-][NH+]2CSCCC12. The molecule has 0 aromatic heterocycles. The number of thioether (sulfide) groups is 1. The van der Waals surface area contributed by atoms with E-state index in [0.717, 1.165) is 23.1 Å². The second-order valence-electron chi connectivity index (χ2n) is 2.39. The van der Waals surface area contributed by atoms with Crippen LogP contribution in [0.4, 0.5) is 0 Å². The Morgan fingerprint density at radius 2 is 2.70 bits per heavy atom. The summed E-state index contributed by atoms with van der Waals surface area (Å²) in [5, 5.41) is 0.932. The molecule has 0 saturated carbocycles. The van der Waals surface area contributed by atoms with Crippen molar-refractivity contribution in [2.24, 2.45) is 0 Å². The number of quaternary nitrogens is 1. The molecule has 56 valence electrons. The zero-order valence-corrected chi connectivity index (χ0v) is 6.19. The predicted molar refractivity (Wildman–Crippen MR) is 36.1 cm³/mol. The first-order valence-electron chi connectivity index (χ1n) is 3.23. The van der Waals surface area contributed by atoms with Crippen LogP contribution in [0, 0.1) is 0 Å². The van der Waals surface area contributed by atoms with Gasteiger partial charge in [-0.1, -0.05) is 0 Å². The number of fused-ring (bicyclic) bond motifs is 1. The lowest BCUT2D eigenvalue weighted by Gasteiger charge is -2.27. The van der Waals surface area contributed by atoms with Crippen molar-refractivity contribution in [1.82, 2.24) is 0 Å². The van der Waals surface area contributed by atoms with Crippen LogP contribution in [0.3, 0.4) is 0 Å². The van der Waals surface area contributed by atoms with Crippen molar-refractivity contribution in [2.45, 2.75) is 12.5 Å². The van der Waals surface area contributed by atoms with E-state index in [1.807, 2.05) is 11.8 Å². The molecule has 2 fully saturated rings. The van der Waals surface area contributed by atoms with E-state index in [1.54, 1.807) is 0 Å². The topological polar surface area (TPSA) is 44.8 Å². The summed E-state index contributed by atoms with van der Waals surface area (Å²) in [7, 11) is 0. The molecule has 0 radical (unpaired) electrons. The van der Waals surface area contributed by atoms with Crippen LogP contribution in [-0.2, 0) is 9.63 Å². The van der Waals surface area contributed by atoms with Crippen molar-refractivity contribution in [3.8, 4) is 0 Å².